The summed E-state index contributed by atoms with van der Waals surface area (Å²) in [6, 6.07) is 15.2. The van der Waals surface area contributed by atoms with Gasteiger partial charge in [0.1, 0.15) is 5.03 Å². The molecule has 1 aliphatic rings. The van der Waals surface area contributed by atoms with Crippen molar-refractivity contribution in [1.29, 1.82) is 0 Å². The molecule has 1 N–H and O–H groups in total. The SMILES string of the molecule is c1ccc(Sc2ccc(C3CCCCN3)cn2)cc1. The van der Waals surface area contributed by atoms with Crippen LogP contribution in [-0.2, 0) is 0 Å². The Balaban J connectivity index is 1.68. The van der Waals surface area contributed by atoms with E-state index in [0.717, 1.165) is 11.6 Å². The molecule has 0 amide bonds. The van der Waals surface area contributed by atoms with Crippen LogP contribution in [0.1, 0.15) is 30.9 Å². The van der Waals surface area contributed by atoms with E-state index < -0.39 is 0 Å². The quantitative estimate of drug-likeness (QED) is 0.911. The van der Waals surface area contributed by atoms with Gasteiger partial charge in [-0.3, -0.25) is 0 Å². The number of nitrogens with one attached hydrogen (secondary N) is 1. The van der Waals surface area contributed by atoms with Crippen LogP contribution in [0.3, 0.4) is 0 Å². The maximum atomic E-state index is 4.57. The normalized spacial score (nSPS) is 19.3. The van der Waals surface area contributed by atoms with Crippen LogP contribution in [0.2, 0.25) is 0 Å². The first-order chi connectivity index (χ1) is 9.42. The highest BCUT2D eigenvalue weighted by Crippen LogP contribution is 2.27. The predicted octanol–water partition coefficient (Wildman–Crippen LogP) is 4.05. The number of nitrogens with zero attached hydrogens (tertiary/aromatic N) is 1. The molecule has 2 heterocycles. The number of hydrogen-bond acceptors (Lipinski definition) is 3. The molecule has 1 fully saturated rings. The Hall–Kier alpha value is -1.32. The molecule has 0 bridgehead atoms. The molecule has 1 aliphatic heterocycles. The van der Waals surface area contributed by atoms with Gasteiger partial charge >= 0.3 is 0 Å². The third kappa shape index (κ3) is 3.37. The molecule has 98 valence electrons. The molecule has 2 aromatic rings. The van der Waals surface area contributed by atoms with Crippen molar-refractivity contribution in [3.63, 3.8) is 0 Å². The van der Waals surface area contributed by atoms with E-state index in [0.29, 0.717) is 6.04 Å². The van der Waals surface area contributed by atoms with Gasteiger partial charge in [0.25, 0.3) is 0 Å². The Morgan fingerprint density at radius 1 is 1.05 bits per heavy atom. The zero-order chi connectivity index (χ0) is 12.9. The van der Waals surface area contributed by atoms with Crippen molar-refractivity contribution in [2.24, 2.45) is 0 Å². The van der Waals surface area contributed by atoms with Crippen LogP contribution in [0.4, 0.5) is 0 Å². The highest BCUT2D eigenvalue weighted by molar-refractivity contribution is 7.99. The second kappa shape index (κ2) is 6.22. The standard InChI is InChI=1S/C16H18N2S/c1-2-6-14(7-3-1)19-16-10-9-13(12-18-16)15-8-4-5-11-17-15/h1-3,6-7,9-10,12,15,17H,4-5,8,11H2. The van der Waals surface area contributed by atoms with Gasteiger partial charge in [-0.15, -0.1) is 0 Å². The Kier molecular flexibility index (Phi) is 4.16. The van der Waals surface area contributed by atoms with Gasteiger partial charge in [0, 0.05) is 17.1 Å². The van der Waals surface area contributed by atoms with Gasteiger partial charge in [0.05, 0.1) is 0 Å². The lowest BCUT2D eigenvalue weighted by molar-refractivity contribution is 0.411. The first-order valence-corrected chi connectivity index (χ1v) is 7.66. The summed E-state index contributed by atoms with van der Waals surface area (Å²) >= 11 is 1.71. The minimum Gasteiger partial charge on any atom is -0.310 e. The van der Waals surface area contributed by atoms with Crippen molar-refractivity contribution in [2.75, 3.05) is 6.54 Å². The minimum absolute atomic E-state index is 0.497. The molecule has 2 nitrogen and oxygen atoms in total. The van der Waals surface area contributed by atoms with Crippen LogP contribution >= 0.6 is 11.8 Å². The summed E-state index contributed by atoms with van der Waals surface area (Å²) in [6.07, 6.45) is 5.87. The molecule has 19 heavy (non-hydrogen) atoms. The fraction of sp³-hybridized carbons (Fsp3) is 0.312. The summed E-state index contributed by atoms with van der Waals surface area (Å²) in [4.78, 5) is 5.81. The number of rotatable bonds is 3. The summed E-state index contributed by atoms with van der Waals surface area (Å²) in [5.41, 5.74) is 1.32. The van der Waals surface area contributed by atoms with Crippen LogP contribution < -0.4 is 5.32 Å². The summed E-state index contributed by atoms with van der Waals surface area (Å²) in [5.74, 6) is 0. The molecule has 0 radical (unpaired) electrons. The molecule has 1 saturated heterocycles. The molecular weight excluding hydrogens is 252 g/mol. The Morgan fingerprint density at radius 3 is 2.63 bits per heavy atom. The maximum Gasteiger partial charge on any atom is 0.101 e. The molecule has 3 heteroatoms. The highest BCUT2D eigenvalue weighted by Gasteiger charge is 2.14. The van der Waals surface area contributed by atoms with Gasteiger partial charge in [-0.25, -0.2) is 4.98 Å². The van der Waals surface area contributed by atoms with E-state index in [1.165, 1.54) is 29.7 Å². The summed E-state index contributed by atoms with van der Waals surface area (Å²) in [7, 11) is 0. The lowest BCUT2D eigenvalue weighted by atomic mass is 9.99. The summed E-state index contributed by atoms with van der Waals surface area (Å²) in [6.45, 7) is 1.13. The number of hydrogen-bond donors (Lipinski definition) is 1. The molecule has 1 aromatic carbocycles. The van der Waals surface area contributed by atoms with Crippen molar-refractivity contribution < 1.29 is 0 Å². The third-order valence-corrected chi connectivity index (χ3v) is 4.40. The topological polar surface area (TPSA) is 24.9 Å². The highest BCUT2D eigenvalue weighted by atomic mass is 32.2. The van der Waals surface area contributed by atoms with E-state index in [1.54, 1.807) is 11.8 Å². The zero-order valence-electron chi connectivity index (χ0n) is 10.9. The van der Waals surface area contributed by atoms with Crippen LogP contribution in [0, 0.1) is 0 Å². The molecule has 0 aliphatic carbocycles. The van der Waals surface area contributed by atoms with E-state index in [4.69, 9.17) is 0 Å². The number of pyridine rings is 1. The molecule has 1 atom stereocenters. The van der Waals surface area contributed by atoms with E-state index in [9.17, 15) is 0 Å². The zero-order valence-corrected chi connectivity index (χ0v) is 11.7. The first kappa shape index (κ1) is 12.7. The third-order valence-electron chi connectivity index (χ3n) is 3.44. The van der Waals surface area contributed by atoms with Gasteiger partial charge in [-0.1, -0.05) is 42.4 Å². The fourth-order valence-electron chi connectivity index (χ4n) is 2.40. The van der Waals surface area contributed by atoms with Crippen molar-refractivity contribution in [3.05, 3.63) is 54.2 Å². The Morgan fingerprint density at radius 2 is 1.95 bits per heavy atom. The van der Waals surface area contributed by atoms with Crippen LogP contribution in [0.5, 0.6) is 0 Å². The second-order valence-corrected chi connectivity index (χ2v) is 5.94. The molecule has 3 rings (SSSR count). The first-order valence-electron chi connectivity index (χ1n) is 6.84. The summed E-state index contributed by atoms with van der Waals surface area (Å²) < 4.78 is 0. The Bertz CT molecular complexity index is 504. The lowest BCUT2D eigenvalue weighted by Crippen LogP contribution is -2.26. The van der Waals surface area contributed by atoms with Crippen molar-refractivity contribution >= 4 is 11.8 Å². The maximum absolute atomic E-state index is 4.57. The Labute approximate surface area is 118 Å². The van der Waals surface area contributed by atoms with Crippen LogP contribution in [-0.4, -0.2) is 11.5 Å². The predicted molar refractivity (Wildman–Crippen MR) is 79.4 cm³/mol. The van der Waals surface area contributed by atoms with Crippen molar-refractivity contribution in [3.8, 4) is 0 Å². The number of benzene rings is 1. The largest absolute Gasteiger partial charge is 0.310 e. The van der Waals surface area contributed by atoms with Crippen molar-refractivity contribution in [1.82, 2.24) is 10.3 Å². The summed E-state index contributed by atoms with van der Waals surface area (Å²) in [5, 5.41) is 4.62. The average Bonchev–Trinajstić information content (AvgIpc) is 2.50. The molecular formula is C16H18N2S. The van der Waals surface area contributed by atoms with E-state index in [1.807, 2.05) is 12.3 Å². The second-order valence-electron chi connectivity index (χ2n) is 4.85. The van der Waals surface area contributed by atoms with Crippen molar-refractivity contribution in [2.45, 2.75) is 35.2 Å². The van der Waals surface area contributed by atoms with E-state index in [2.05, 4.69) is 46.7 Å². The van der Waals surface area contributed by atoms with Gasteiger partial charge in [-0.2, -0.15) is 0 Å². The van der Waals surface area contributed by atoms with Crippen LogP contribution in [0.15, 0.2) is 58.6 Å². The molecule has 0 saturated carbocycles. The van der Waals surface area contributed by atoms with Gasteiger partial charge in [-0.05, 0) is 43.1 Å². The molecule has 1 unspecified atom stereocenters. The minimum atomic E-state index is 0.497. The average molecular weight is 270 g/mol. The van der Waals surface area contributed by atoms with E-state index >= 15 is 0 Å². The molecule has 0 spiro atoms. The van der Waals surface area contributed by atoms with Gasteiger partial charge < -0.3 is 5.32 Å². The lowest BCUT2D eigenvalue weighted by Gasteiger charge is -2.23. The fourth-order valence-corrected chi connectivity index (χ4v) is 3.18. The number of aromatic nitrogens is 1. The van der Waals surface area contributed by atoms with Crippen LogP contribution in [0.25, 0.3) is 0 Å². The monoisotopic (exact) mass is 270 g/mol. The van der Waals surface area contributed by atoms with Gasteiger partial charge in [0.15, 0.2) is 0 Å². The number of piperidine rings is 1. The van der Waals surface area contributed by atoms with Gasteiger partial charge in [0.2, 0.25) is 0 Å². The smallest absolute Gasteiger partial charge is 0.101 e. The van der Waals surface area contributed by atoms with E-state index in [-0.39, 0.29) is 0 Å². The molecule has 1 aromatic heterocycles.